The number of nitrogens with one attached hydrogen (secondary N) is 3. The molecule has 1 aliphatic carbocycles. The first-order valence-corrected chi connectivity index (χ1v) is 7.06. The van der Waals surface area contributed by atoms with Gasteiger partial charge in [-0.15, -0.1) is 0 Å². The Morgan fingerprint density at radius 2 is 1.91 bits per heavy atom. The third-order valence-electron chi connectivity index (χ3n) is 3.30. The van der Waals surface area contributed by atoms with Crippen molar-refractivity contribution in [2.75, 3.05) is 18.9 Å². The fourth-order valence-corrected chi connectivity index (χ4v) is 2.10. The third kappa shape index (κ3) is 4.48. The van der Waals surface area contributed by atoms with E-state index in [2.05, 4.69) is 20.9 Å². The molecule has 0 spiro atoms. The monoisotopic (exact) mass is 326 g/mol. The molecule has 0 heterocycles. The summed E-state index contributed by atoms with van der Waals surface area (Å²) < 4.78 is 39.4. The average molecular weight is 326 g/mol. The van der Waals surface area contributed by atoms with Gasteiger partial charge in [0.25, 0.3) is 0 Å². The minimum Gasteiger partial charge on any atom is -0.353 e. The molecule has 0 saturated carbocycles. The van der Waals surface area contributed by atoms with Gasteiger partial charge < -0.3 is 16.0 Å². The van der Waals surface area contributed by atoms with Crippen molar-refractivity contribution in [2.24, 2.45) is 4.99 Å². The fraction of sp³-hybridized carbons (Fsp3) is 0.333. The molecule has 0 bridgehead atoms. The van der Waals surface area contributed by atoms with Crippen LogP contribution >= 0.6 is 0 Å². The lowest BCUT2D eigenvalue weighted by molar-refractivity contribution is -0.115. The van der Waals surface area contributed by atoms with Crippen molar-refractivity contribution < 1.29 is 18.0 Å². The lowest BCUT2D eigenvalue weighted by Crippen LogP contribution is -2.45. The molecule has 5 nitrogen and oxygen atoms in total. The molecule has 2 rings (SSSR count). The van der Waals surface area contributed by atoms with Crippen LogP contribution in [0.4, 0.5) is 18.9 Å². The molecule has 0 saturated heterocycles. The Hall–Kier alpha value is -2.51. The number of guanidine groups is 1. The van der Waals surface area contributed by atoms with Crippen LogP contribution < -0.4 is 16.0 Å². The number of aliphatic imine (C=N–C) groups is 1. The van der Waals surface area contributed by atoms with Gasteiger partial charge in [-0.1, -0.05) is 12.2 Å². The Labute approximate surface area is 131 Å². The number of nitrogens with zero attached hydrogens (tertiary/aromatic N) is 1. The topological polar surface area (TPSA) is 65.5 Å². The lowest BCUT2D eigenvalue weighted by Gasteiger charge is -2.16. The molecule has 0 aliphatic heterocycles. The van der Waals surface area contributed by atoms with Gasteiger partial charge in [-0.2, -0.15) is 0 Å². The van der Waals surface area contributed by atoms with Gasteiger partial charge in [-0.3, -0.25) is 9.79 Å². The van der Waals surface area contributed by atoms with Crippen molar-refractivity contribution in [3.05, 3.63) is 41.7 Å². The Kier molecular flexibility index (Phi) is 5.61. The van der Waals surface area contributed by atoms with E-state index >= 15 is 0 Å². The molecule has 8 heteroatoms. The molecule has 1 aliphatic rings. The van der Waals surface area contributed by atoms with E-state index in [9.17, 15) is 18.0 Å². The predicted molar refractivity (Wildman–Crippen MR) is 81.6 cm³/mol. The summed E-state index contributed by atoms with van der Waals surface area (Å²) in [6, 6.07) is 1.92. The van der Waals surface area contributed by atoms with Crippen LogP contribution in [0.5, 0.6) is 0 Å². The van der Waals surface area contributed by atoms with E-state index in [1.54, 1.807) is 7.05 Å². The number of halogens is 3. The quantitative estimate of drug-likeness (QED) is 0.343. The number of hydrogen-bond donors (Lipinski definition) is 3. The summed E-state index contributed by atoms with van der Waals surface area (Å²) in [5.41, 5.74) is -0.418. The lowest BCUT2D eigenvalue weighted by atomic mass is 10.2. The van der Waals surface area contributed by atoms with Gasteiger partial charge in [0.1, 0.15) is 0 Å². The van der Waals surface area contributed by atoms with Gasteiger partial charge in [-0.05, 0) is 25.0 Å². The largest absolute Gasteiger partial charge is 0.353 e. The summed E-state index contributed by atoms with van der Waals surface area (Å²) in [5.74, 6) is -4.55. The van der Waals surface area contributed by atoms with Crippen LogP contribution in [0.2, 0.25) is 0 Å². The zero-order valence-corrected chi connectivity index (χ0v) is 12.5. The van der Waals surface area contributed by atoms with Crippen LogP contribution in [0.1, 0.15) is 12.8 Å². The van der Waals surface area contributed by atoms with Crippen molar-refractivity contribution in [3.8, 4) is 0 Å². The molecule has 23 heavy (non-hydrogen) atoms. The second-order valence-electron chi connectivity index (χ2n) is 4.98. The van der Waals surface area contributed by atoms with Crippen LogP contribution in [0.25, 0.3) is 0 Å². The van der Waals surface area contributed by atoms with E-state index < -0.39 is 29.0 Å². The smallest absolute Gasteiger partial charge is 0.243 e. The Morgan fingerprint density at radius 3 is 2.57 bits per heavy atom. The number of benzene rings is 1. The molecule has 124 valence electrons. The average Bonchev–Trinajstić information content (AvgIpc) is 3.05. The number of amides is 1. The first kappa shape index (κ1) is 16.9. The second kappa shape index (κ2) is 7.66. The molecule has 0 fully saturated rings. The number of hydrogen-bond acceptors (Lipinski definition) is 2. The Morgan fingerprint density at radius 1 is 1.22 bits per heavy atom. The molecule has 1 aromatic carbocycles. The maximum absolute atomic E-state index is 13.5. The highest BCUT2D eigenvalue weighted by Gasteiger charge is 2.16. The van der Waals surface area contributed by atoms with Crippen LogP contribution in [-0.2, 0) is 4.79 Å². The summed E-state index contributed by atoms with van der Waals surface area (Å²) in [6.07, 6.45) is 5.83. The van der Waals surface area contributed by atoms with Gasteiger partial charge in [0.15, 0.2) is 23.4 Å². The molecular formula is C15H17F3N4O. The highest BCUT2D eigenvalue weighted by molar-refractivity contribution is 5.95. The summed E-state index contributed by atoms with van der Waals surface area (Å²) in [5, 5.41) is 8.07. The van der Waals surface area contributed by atoms with Crippen LogP contribution in [0.15, 0.2) is 29.3 Å². The van der Waals surface area contributed by atoms with Crippen molar-refractivity contribution in [2.45, 2.75) is 18.9 Å². The fourth-order valence-electron chi connectivity index (χ4n) is 2.10. The highest BCUT2D eigenvalue weighted by atomic mass is 19.2. The van der Waals surface area contributed by atoms with E-state index in [1.807, 2.05) is 12.2 Å². The molecule has 3 N–H and O–H groups in total. The van der Waals surface area contributed by atoms with Crippen molar-refractivity contribution in [3.63, 3.8) is 0 Å². The molecule has 0 atom stereocenters. The number of anilines is 1. The van der Waals surface area contributed by atoms with E-state index in [0.717, 1.165) is 25.0 Å². The van der Waals surface area contributed by atoms with E-state index in [1.165, 1.54) is 0 Å². The first-order valence-electron chi connectivity index (χ1n) is 7.06. The van der Waals surface area contributed by atoms with E-state index in [0.29, 0.717) is 5.96 Å². The van der Waals surface area contributed by atoms with E-state index in [-0.39, 0.29) is 12.6 Å². The minimum atomic E-state index is -1.62. The normalized spacial score (nSPS) is 14.9. The molecule has 0 radical (unpaired) electrons. The third-order valence-corrected chi connectivity index (χ3v) is 3.30. The second-order valence-corrected chi connectivity index (χ2v) is 4.98. The number of rotatable bonds is 4. The molecular weight excluding hydrogens is 309 g/mol. The van der Waals surface area contributed by atoms with Crippen molar-refractivity contribution in [1.29, 1.82) is 0 Å². The minimum absolute atomic E-state index is 0.196. The van der Waals surface area contributed by atoms with Crippen molar-refractivity contribution >= 4 is 17.6 Å². The first-order chi connectivity index (χ1) is 11.0. The zero-order chi connectivity index (χ0) is 16.8. The summed E-state index contributed by atoms with van der Waals surface area (Å²) in [7, 11) is 1.56. The van der Waals surface area contributed by atoms with Gasteiger partial charge in [0, 0.05) is 13.1 Å². The van der Waals surface area contributed by atoms with Gasteiger partial charge in [0.2, 0.25) is 5.91 Å². The molecule has 0 unspecified atom stereocenters. The summed E-state index contributed by atoms with van der Waals surface area (Å²) in [4.78, 5) is 15.7. The van der Waals surface area contributed by atoms with Gasteiger partial charge >= 0.3 is 0 Å². The SMILES string of the molecule is CN=C(NCC(=O)Nc1ccc(F)c(F)c1F)NC1CC=CC1. The molecule has 1 amide bonds. The maximum atomic E-state index is 13.5. The number of carbonyl (C=O) groups is 1. The van der Waals surface area contributed by atoms with Crippen LogP contribution in [0.3, 0.4) is 0 Å². The van der Waals surface area contributed by atoms with E-state index in [4.69, 9.17) is 0 Å². The Bertz CT molecular complexity index is 638. The standard InChI is InChI=1S/C15H17F3N4O/c1-19-15(21-9-4-2-3-5-9)20-8-12(23)22-11-7-6-10(16)13(17)14(11)18/h2-3,6-7,9H,4-5,8H2,1H3,(H,22,23)(H2,19,20,21). The molecule has 1 aromatic rings. The summed E-state index contributed by atoms with van der Waals surface area (Å²) >= 11 is 0. The van der Waals surface area contributed by atoms with Gasteiger partial charge in [0.05, 0.1) is 12.2 Å². The Balaban J connectivity index is 1.86. The summed E-state index contributed by atoms with van der Waals surface area (Å²) in [6.45, 7) is -0.196. The van der Waals surface area contributed by atoms with Crippen LogP contribution in [0, 0.1) is 17.5 Å². The molecule has 0 aromatic heterocycles. The predicted octanol–water partition coefficient (Wildman–Crippen LogP) is 1.93. The van der Waals surface area contributed by atoms with Crippen molar-refractivity contribution in [1.82, 2.24) is 10.6 Å². The van der Waals surface area contributed by atoms with Crippen LogP contribution in [-0.4, -0.2) is 31.5 Å². The number of carbonyl (C=O) groups excluding carboxylic acids is 1. The maximum Gasteiger partial charge on any atom is 0.243 e. The zero-order valence-electron chi connectivity index (χ0n) is 12.5. The van der Waals surface area contributed by atoms with Gasteiger partial charge in [-0.25, -0.2) is 13.2 Å². The highest BCUT2D eigenvalue weighted by Crippen LogP contribution is 2.19.